The molecule has 0 saturated heterocycles. The van der Waals surface area contributed by atoms with Crippen molar-refractivity contribution in [2.24, 2.45) is 0 Å². The first kappa shape index (κ1) is 17.8. The zero-order valence-electron chi connectivity index (χ0n) is 13.1. The summed E-state index contributed by atoms with van der Waals surface area (Å²) in [7, 11) is 0. The molecule has 0 aromatic heterocycles. The van der Waals surface area contributed by atoms with E-state index in [0.29, 0.717) is 15.7 Å². The fourth-order valence-electron chi connectivity index (χ4n) is 2.47. The normalized spacial score (nSPS) is 14.5. The Morgan fingerprint density at radius 2 is 1.56 bits per heavy atom. The van der Waals surface area contributed by atoms with Gasteiger partial charge in [0.15, 0.2) is 0 Å². The zero-order valence-corrected chi connectivity index (χ0v) is 15.4. The van der Waals surface area contributed by atoms with Crippen molar-refractivity contribution < 1.29 is 9.59 Å². The molecule has 0 bridgehead atoms. The predicted octanol–water partition coefficient (Wildman–Crippen LogP) is 4.73. The Bertz CT molecular complexity index is 892. The topological polar surface area (TPSA) is 49.4 Å². The number of hydrogen-bond donors (Lipinski definition) is 1. The zero-order chi connectivity index (χ0) is 18.1. The lowest BCUT2D eigenvalue weighted by Gasteiger charge is -2.15. The van der Waals surface area contributed by atoms with Gasteiger partial charge in [0.1, 0.15) is 10.7 Å². The van der Waals surface area contributed by atoms with Crippen LogP contribution in [0.1, 0.15) is 11.1 Å². The van der Waals surface area contributed by atoms with E-state index in [1.54, 1.807) is 42.5 Å². The average Bonchev–Trinajstić information content (AvgIpc) is 2.77. The van der Waals surface area contributed by atoms with Crippen molar-refractivity contribution in [1.29, 1.82) is 0 Å². The van der Waals surface area contributed by atoms with Gasteiger partial charge in [-0.15, -0.1) is 0 Å². The summed E-state index contributed by atoms with van der Waals surface area (Å²) >= 11 is 17.9. The van der Waals surface area contributed by atoms with Crippen molar-refractivity contribution in [3.05, 3.63) is 74.4 Å². The van der Waals surface area contributed by atoms with Gasteiger partial charge in [0, 0.05) is 15.7 Å². The van der Waals surface area contributed by atoms with Gasteiger partial charge in [-0.05, 0) is 48.4 Å². The lowest BCUT2D eigenvalue weighted by Crippen LogP contribution is -2.31. The first-order chi connectivity index (χ1) is 11.9. The molecule has 4 nitrogen and oxygen atoms in total. The third-order valence-corrected chi connectivity index (χ3v) is 4.65. The number of aryl methyl sites for hydroxylation is 1. The van der Waals surface area contributed by atoms with Crippen molar-refractivity contribution in [3.8, 4) is 0 Å². The van der Waals surface area contributed by atoms with Gasteiger partial charge >= 0.3 is 0 Å². The SMILES string of the molecule is Cc1cc(Cl)ccc1NC1=C(Cl)C(=O)N(Cc2ccc(Cl)cc2)C1=O. The molecule has 1 heterocycles. The van der Waals surface area contributed by atoms with Gasteiger partial charge in [0.2, 0.25) is 0 Å². The van der Waals surface area contributed by atoms with Crippen molar-refractivity contribution in [1.82, 2.24) is 4.90 Å². The minimum Gasteiger partial charge on any atom is -0.349 e. The Hall–Kier alpha value is -2.01. The Balaban J connectivity index is 1.82. The summed E-state index contributed by atoms with van der Waals surface area (Å²) in [4.78, 5) is 26.1. The molecule has 3 rings (SSSR count). The van der Waals surface area contributed by atoms with Crippen molar-refractivity contribution in [3.63, 3.8) is 0 Å². The second-order valence-corrected chi connectivity index (χ2v) is 6.85. The molecule has 2 amide bonds. The molecular formula is C18H13Cl3N2O2. The predicted molar refractivity (Wildman–Crippen MR) is 99.7 cm³/mol. The summed E-state index contributed by atoms with van der Waals surface area (Å²) in [6.45, 7) is 1.96. The van der Waals surface area contributed by atoms with Crippen LogP contribution < -0.4 is 5.32 Å². The molecule has 128 valence electrons. The van der Waals surface area contributed by atoms with E-state index in [1.165, 1.54) is 0 Å². The van der Waals surface area contributed by atoms with Gasteiger partial charge < -0.3 is 5.32 Å². The fraction of sp³-hybridized carbons (Fsp3) is 0.111. The molecule has 2 aromatic rings. The molecule has 7 heteroatoms. The fourth-order valence-corrected chi connectivity index (χ4v) is 3.06. The molecule has 1 aliphatic rings. The number of nitrogens with zero attached hydrogens (tertiary/aromatic N) is 1. The maximum atomic E-state index is 12.6. The molecule has 1 N–H and O–H groups in total. The highest BCUT2D eigenvalue weighted by Gasteiger charge is 2.37. The van der Waals surface area contributed by atoms with Gasteiger partial charge in [-0.2, -0.15) is 0 Å². The summed E-state index contributed by atoms with van der Waals surface area (Å²) in [5.41, 5.74) is 2.33. The molecule has 0 saturated carbocycles. The number of imide groups is 1. The van der Waals surface area contributed by atoms with Crippen LogP contribution in [0.4, 0.5) is 5.69 Å². The van der Waals surface area contributed by atoms with Crippen molar-refractivity contribution in [2.45, 2.75) is 13.5 Å². The lowest BCUT2D eigenvalue weighted by atomic mass is 10.2. The van der Waals surface area contributed by atoms with Crippen LogP contribution in [-0.4, -0.2) is 16.7 Å². The van der Waals surface area contributed by atoms with Gasteiger partial charge in [0.25, 0.3) is 11.8 Å². The number of benzene rings is 2. The Morgan fingerprint density at radius 3 is 2.20 bits per heavy atom. The second-order valence-electron chi connectivity index (χ2n) is 5.60. The molecule has 0 spiro atoms. The number of nitrogens with one attached hydrogen (secondary N) is 1. The first-order valence-corrected chi connectivity index (χ1v) is 8.54. The minimum absolute atomic E-state index is 0.0612. The summed E-state index contributed by atoms with van der Waals surface area (Å²) in [5.74, 6) is -1.00. The smallest absolute Gasteiger partial charge is 0.279 e. The first-order valence-electron chi connectivity index (χ1n) is 7.40. The quantitative estimate of drug-likeness (QED) is 0.761. The van der Waals surface area contributed by atoms with Gasteiger partial charge in [0.05, 0.1) is 6.54 Å². The minimum atomic E-state index is -0.532. The number of carbonyl (C=O) groups excluding carboxylic acids is 2. The highest BCUT2D eigenvalue weighted by atomic mass is 35.5. The highest BCUT2D eigenvalue weighted by Crippen LogP contribution is 2.29. The van der Waals surface area contributed by atoms with Gasteiger partial charge in [-0.1, -0.05) is 46.9 Å². The highest BCUT2D eigenvalue weighted by molar-refractivity contribution is 6.48. The van der Waals surface area contributed by atoms with Crippen LogP contribution in [0.2, 0.25) is 10.0 Å². The van der Waals surface area contributed by atoms with E-state index in [-0.39, 0.29) is 17.3 Å². The molecule has 25 heavy (non-hydrogen) atoms. The van der Waals surface area contributed by atoms with E-state index in [2.05, 4.69) is 5.32 Å². The summed E-state index contributed by atoms with van der Waals surface area (Å²) in [5, 5.41) is 3.98. The Kier molecular flexibility index (Phi) is 5.04. The molecular weight excluding hydrogens is 383 g/mol. The monoisotopic (exact) mass is 394 g/mol. The van der Waals surface area contributed by atoms with Gasteiger partial charge in [-0.25, -0.2) is 0 Å². The molecule has 0 aliphatic carbocycles. The maximum absolute atomic E-state index is 12.6. The molecule has 0 atom stereocenters. The van der Waals surface area contributed by atoms with Crippen molar-refractivity contribution >= 4 is 52.3 Å². The third kappa shape index (κ3) is 3.66. The van der Waals surface area contributed by atoms with Crippen LogP contribution in [0.25, 0.3) is 0 Å². The summed E-state index contributed by atoms with van der Waals surface area (Å²) < 4.78 is 0. The van der Waals surface area contributed by atoms with E-state index in [0.717, 1.165) is 16.0 Å². The van der Waals surface area contributed by atoms with E-state index >= 15 is 0 Å². The lowest BCUT2D eigenvalue weighted by molar-refractivity contribution is -0.138. The molecule has 2 aromatic carbocycles. The summed E-state index contributed by atoms with van der Waals surface area (Å²) in [6, 6.07) is 12.1. The molecule has 0 radical (unpaired) electrons. The number of rotatable bonds is 4. The van der Waals surface area contributed by atoms with E-state index in [1.807, 2.05) is 6.92 Å². The molecule has 0 fully saturated rings. The summed E-state index contributed by atoms with van der Waals surface area (Å²) in [6.07, 6.45) is 0. The number of amides is 2. The van der Waals surface area contributed by atoms with Crippen molar-refractivity contribution in [2.75, 3.05) is 5.32 Å². The van der Waals surface area contributed by atoms with Crippen LogP contribution in [0.3, 0.4) is 0 Å². The average molecular weight is 396 g/mol. The van der Waals surface area contributed by atoms with Crippen LogP contribution >= 0.6 is 34.8 Å². The molecule has 0 unspecified atom stereocenters. The van der Waals surface area contributed by atoms with Crippen LogP contribution in [0.5, 0.6) is 0 Å². The van der Waals surface area contributed by atoms with E-state index in [9.17, 15) is 9.59 Å². The van der Waals surface area contributed by atoms with Gasteiger partial charge in [-0.3, -0.25) is 14.5 Å². The van der Waals surface area contributed by atoms with E-state index < -0.39 is 11.8 Å². The standard InChI is InChI=1S/C18H13Cl3N2O2/c1-10-8-13(20)6-7-14(10)22-16-15(21)17(24)23(18(16)25)9-11-2-4-12(19)5-3-11/h2-8,22H,9H2,1H3. The van der Waals surface area contributed by atoms with Crippen LogP contribution in [0, 0.1) is 6.92 Å². The number of carbonyl (C=O) groups is 2. The largest absolute Gasteiger partial charge is 0.349 e. The Labute approximate surface area is 160 Å². The molecule has 1 aliphatic heterocycles. The third-order valence-electron chi connectivity index (χ3n) is 3.81. The number of halogens is 3. The second kappa shape index (κ2) is 7.08. The number of anilines is 1. The van der Waals surface area contributed by atoms with E-state index in [4.69, 9.17) is 34.8 Å². The number of hydrogen-bond acceptors (Lipinski definition) is 3. The van der Waals surface area contributed by atoms with Crippen LogP contribution in [-0.2, 0) is 16.1 Å². The Morgan fingerprint density at radius 1 is 0.920 bits per heavy atom. The van der Waals surface area contributed by atoms with Crippen LogP contribution in [0.15, 0.2) is 53.2 Å². The maximum Gasteiger partial charge on any atom is 0.279 e.